The second-order valence-corrected chi connectivity index (χ2v) is 9.51. The van der Waals surface area contributed by atoms with Crippen molar-refractivity contribution >= 4 is 23.4 Å². The fourth-order valence-corrected chi connectivity index (χ4v) is 4.46. The average molecular weight is 471 g/mol. The molecule has 0 N–H and O–H groups in total. The monoisotopic (exact) mass is 470 g/mol. The molecule has 0 saturated carbocycles. The number of para-hydroxylation sites is 1. The molecule has 0 fully saturated rings. The van der Waals surface area contributed by atoms with Crippen LogP contribution in [0.1, 0.15) is 56.0 Å². The Morgan fingerprint density at radius 3 is 2.48 bits per heavy atom. The van der Waals surface area contributed by atoms with Crippen molar-refractivity contribution in [2.75, 3.05) is 26.2 Å². The summed E-state index contributed by atoms with van der Waals surface area (Å²) in [5.74, 6) is 1.09. The van der Waals surface area contributed by atoms with E-state index in [2.05, 4.69) is 13.8 Å². The summed E-state index contributed by atoms with van der Waals surface area (Å²) in [6, 6.07) is 14.8. The Kier molecular flexibility index (Phi) is 9.19. The molecule has 2 amide bonds. The molecule has 1 heterocycles. The molecule has 33 heavy (non-hydrogen) atoms. The van der Waals surface area contributed by atoms with Crippen LogP contribution in [0.4, 0.5) is 0 Å². The fourth-order valence-electron chi connectivity index (χ4n) is 4.33. The first-order chi connectivity index (χ1) is 15.9. The molecule has 1 atom stereocenters. The number of fused-ring (bicyclic) bond motifs is 1. The third kappa shape index (κ3) is 6.97. The topological polar surface area (TPSA) is 49.9 Å². The zero-order chi connectivity index (χ0) is 23.8. The van der Waals surface area contributed by atoms with Crippen LogP contribution >= 0.6 is 11.6 Å². The number of amides is 2. The number of carbonyl (C=O) groups is 2. The quantitative estimate of drug-likeness (QED) is 0.583. The number of benzene rings is 2. The van der Waals surface area contributed by atoms with Crippen LogP contribution in [0.25, 0.3) is 0 Å². The molecule has 0 aromatic heterocycles. The van der Waals surface area contributed by atoms with Crippen LogP contribution in [0.2, 0.25) is 5.02 Å². The van der Waals surface area contributed by atoms with Gasteiger partial charge in [-0.25, -0.2) is 0 Å². The Bertz CT molecular complexity index is 929. The lowest BCUT2D eigenvalue weighted by molar-refractivity contribution is -0.134. The van der Waals surface area contributed by atoms with Gasteiger partial charge in [-0.05, 0) is 61.9 Å². The highest BCUT2D eigenvalue weighted by Crippen LogP contribution is 2.24. The predicted octanol–water partition coefficient (Wildman–Crippen LogP) is 5.46. The molecular weight excluding hydrogens is 436 g/mol. The number of hydrogen-bond acceptors (Lipinski definition) is 3. The van der Waals surface area contributed by atoms with Gasteiger partial charge in [0.15, 0.2) is 0 Å². The lowest BCUT2D eigenvalue weighted by Crippen LogP contribution is -2.46. The summed E-state index contributed by atoms with van der Waals surface area (Å²) in [5, 5.41) is 0.664. The van der Waals surface area contributed by atoms with Crippen LogP contribution in [0, 0.1) is 5.92 Å². The van der Waals surface area contributed by atoms with Gasteiger partial charge in [0.25, 0.3) is 5.91 Å². The Hall–Kier alpha value is -2.53. The third-order valence-electron chi connectivity index (χ3n) is 6.07. The standard InChI is InChI=1S/C27H35ClN2O3/c1-4-29-15-7-8-16-30(26(31)18-21-11-13-22(28)14-12-21)23(17-20(2)3)19-33-25-10-6-5-9-24(25)27(29)32/h5-6,9-14,20,23H,4,7-8,15-19H2,1-3H3/t23-/m0/s1. The van der Waals surface area contributed by atoms with Gasteiger partial charge in [0, 0.05) is 24.7 Å². The summed E-state index contributed by atoms with van der Waals surface area (Å²) >= 11 is 6.01. The van der Waals surface area contributed by atoms with Gasteiger partial charge in [-0.2, -0.15) is 0 Å². The number of ether oxygens (including phenoxy) is 1. The molecular formula is C27H35ClN2O3. The molecule has 1 aliphatic rings. The molecule has 178 valence electrons. The number of rotatable bonds is 5. The van der Waals surface area contributed by atoms with E-state index in [1.807, 2.05) is 65.3 Å². The summed E-state index contributed by atoms with van der Waals surface area (Å²) in [6.07, 6.45) is 2.86. The fraction of sp³-hybridized carbons (Fsp3) is 0.481. The van der Waals surface area contributed by atoms with Crippen LogP contribution in [0.15, 0.2) is 48.5 Å². The van der Waals surface area contributed by atoms with Crippen molar-refractivity contribution in [3.8, 4) is 5.75 Å². The SMILES string of the molecule is CCN1CCCCN(C(=O)Cc2ccc(Cl)cc2)[C@@H](CC(C)C)COc2ccccc2C1=O. The van der Waals surface area contributed by atoms with E-state index in [1.165, 1.54) is 0 Å². The molecule has 0 spiro atoms. The molecule has 6 heteroatoms. The van der Waals surface area contributed by atoms with Gasteiger partial charge in [0.2, 0.25) is 5.91 Å². The Morgan fingerprint density at radius 2 is 1.79 bits per heavy atom. The van der Waals surface area contributed by atoms with Gasteiger partial charge in [0.1, 0.15) is 12.4 Å². The molecule has 0 unspecified atom stereocenters. The molecule has 3 rings (SSSR count). The van der Waals surface area contributed by atoms with Crippen molar-refractivity contribution in [1.82, 2.24) is 9.80 Å². The van der Waals surface area contributed by atoms with Crippen molar-refractivity contribution < 1.29 is 14.3 Å². The number of carbonyl (C=O) groups excluding carboxylic acids is 2. The van der Waals surface area contributed by atoms with Crippen LogP contribution in [-0.2, 0) is 11.2 Å². The van der Waals surface area contributed by atoms with Gasteiger partial charge in [-0.1, -0.05) is 49.7 Å². The minimum atomic E-state index is -0.0605. The van der Waals surface area contributed by atoms with Crippen LogP contribution < -0.4 is 4.74 Å². The highest BCUT2D eigenvalue weighted by Gasteiger charge is 2.27. The lowest BCUT2D eigenvalue weighted by Gasteiger charge is -2.34. The van der Waals surface area contributed by atoms with E-state index in [0.717, 1.165) is 24.8 Å². The van der Waals surface area contributed by atoms with Gasteiger partial charge < -0.3 is 14.5 Å². The largest absolute Gasteiger partial charge is 0.491 e. The zero-order valence-electron chi connectivity index (χ0n) is 19.9. The Labute approximate surface area is 202 Å². The van der Waals surface area contributed by atoms with Crippen molar-refractivity contribution in [3.05, 3.63) is 64.7 Å². The van der Waals surface area contributed by atoms with Crippen LogP contribution in [-0.4, -0.2) is 53.9 Å². The highest BCUT2D eigenvalue weighted by molar-refractivity contribution is 6.30. The van der Waals surface area contributed by atoms with Crippen LogP contribution in [0.5, 0.6) is 5.75 Å². The van der Waals surface area contributed by atoms with E-state index in [1.54, 1.807) is 0 Å². The van der Waals surface area contributed by atoms with Crippen molar-refractivity contribution in [2.45, 2.75) is 52.5 Å². The molecule has 0 radical (unpaired) electrons. The van der Waals surface area contributed by atoms with Crippen LogP contribution in [0.3, 0.4) is 0 Å². The number of nitrogens with zero attached hydrogens (tertiary/aromatic N) is 2. The van der Waals surface area contributed by atoms with E-state index >= 15 is 0 Å². The van der Waals surface area contributed by atoms with Crippen molar-refractivity contribution in [2.24, 2.45) is 5.92 Å². The molecule has 0 saturated heterocycles. The van der Waals surface area contributed by atoms with Gasteiger partial charge >= 0.3 is 0 Å². The average Bonchev–Trinajstić information content (AvgIpc) is 2.79. The Balaban J connectivity index is 1.87. The Morgan fingerprint density at radius 1 is 1.09 bits per heavy atom. The molecule has 0 bridgehead atoms. The molecule has 2 aromatic rings. The zero-order valence-corrected chi connectivity index (χ0v) is 20.7. The van der Waals surface area contributed by atoms with Crippen molar-refractivity contribution in [1.29, 1.82) is 0 Å². The molecule has 2 aromatic carbocycles. The number of hydrogen-bond donors (Lipinski definition) is 0. The second-order valence-electron chi connectivity index (χ2n) is 9.07. The maximum Gasteiger partial charge on any atom is 0.257 e. The van der Waals surface area contributed by atoms with E-state index in [9.17, 15) is 9.59 Å². The summed E-state index contributed by atoms with van der Waals surface area (Å²) in [7, 11) is 0. The first kappa shape index (κ1) is 25.1. The highest BCUT2D eigenvalue weighted by atomic mass is 35.5. The molecule has 0 aliphatic carbocycles. The molecule has 5 nitrogen and oxygen atoms in total. The first-order valence-corrected chi connectivity index (χ1v) is 12.3. The summed E-state index contributed by atoms with van der Waals surface area (Å²) in [6.45, 7) is 8.64. The minimum absolute atomic E-state index is 0.00440. The summed E-state index contributed by atoms with van der Waals surface area (Å²) in [4.78, 5) is 30.4. The lowest BCUT2D eigenvalue weighted by atomic mass is 10.0. The summed E-state index contributed by atoms with van der Waals surface area (Å²) < 4.78 is 6.22. The van der Waals surface area contributed by atoms with Crippen molar-refractivity contribution in [3.63, 3.8) is 0 Å². The normalized spacial score (nSPS) is 17.7. The third-order valence-corrected chi connectivity index (χ3v) is 6.32. The predicted molar refractivity (Wildman–Crippen MR) is 133 cm³/mol. The van der Waals surface area contributed by atoms with E-state index in [4.69, 9.17) is 16.3 Å². The minimum Gasteiger partial charge on any atom is -0.491 e. The first-order valence-electron chi connectivity index (χ1n) is 11.9. The van der Waals surface area contributed by atoms with Gasteiger partial charge in [-0.3, -0.25) is 9.59 Å². The van der Waals surface area contributed by atoms with E-state index < -0.39 is 0 Å². The second kappa shape index (κ2) is 12.1. The smallest absolute Gasteiger partial charge is 0.257 e. The summed E-state index contributed by atoms with van der Waals surface area (Å²) in [5.41, 5.74) is 1.54. The van der Waals surface area contributed by atoms with Gasteiger partial charge in [-0.15, -0.1) is 0 Å². The van der Waals surface area contributed by atoms with Gasteiger partial charge in [0.05, 0.1) is 18.0 Å². The molecule has 1 aliphatic heterocycles. The van der Waals surface area contributed by atoms with E-state index in [0.29, 0.717) is 54.9 Å². The maximum atomic E-state index is 13.5. The number of halogens is 1. The maximum absolute atomic E-state index is 13.5. The van der Waals surface area contributed by atoms with E-state index in [-0.39, 0.29) is 17.9 Å².